The number of hydrogen-bond donors (Lipinski definition) is 0. The van der Waals surface area contributed by atoms with Crippen molar-refractivity contribution in [2.75, 3.05) is 0 Å². The van der Waals surface area contributed by atoms with Gasteiger partial charge in [0.1, 0.15) is 23.1 Å². The summed E-state index contributed by atoms with van der Waals surface area (Å²) in [6.07, 6.45) is 0. The molecule has 0 aliphatic carbocycles. The molecule has 0 radical (unpaired) electrons. The zero-order valence-electron chi connectivity index (χ0n) is 10.5. The molecule has 0 aromatic heterocycles. The summed E-state index contributed by atoms with van der Waals surface area (Å²) < 4.78 is 6.83. The zero-order chi connectivity index (χ0) is 14.0. The summed E-state index contributed by atoms with van der Waals surface area (Å²) in [6, 6.07) is 11.1. The summed E-state index contributed by atoms with van der Waals surface area (Å²) in [4.78, 5) is 0. The summed E-state index contributed by atoms with van der Waals surface area (Å²) >= 11 is 9.48. The average molecular weight is 337 g/mol. The van der Waals surface area contributed by atoms with Gasteiger partial charge in [0.15, 0.2) is 0 Å². The minimum atomic E-state index is 0.349. The van der Waals surface area contributed by atoms with Crippen molar-refractivity contribution in [1.82, 2.24) is 0 Å². The van der Waals surface area contributed by atoms with E-state index in [0.29, 0.717) is 22.1 Å². The van der Waals surface area contributed by atoms with E-state index in [1.54, 1.807) is 18.2 Å². The Morgan fingerprint density at radius 1 is 1.21 bits per heavy atom. The van der Waals surface area contributed by atoms with Gasteiger partial charge in [0.05, 0.1) is 5.02 Å². The molecule has 4 heteroatoms. The van der Waals surface area contributed by atoms with Gasteiger partial charge in [-0.3, -0.25) is 0 Å². The number of nitriles is 1. The number of ether oxygens (including phenoxy) is 1. The molecule has 0 saturated heterocycles. The highest BCUT2D eigenvalue weighted by atomic mass is 79.9. The smallest absolute Gasteiger partial charge is 0.146 e. The van der Waals surface area contributed by atoms with Crippen LogP contribution in [0, 0.1) is 25.2 Å². The third-order valence-corrected chi connectivity index (χ3v) is 4.29. The van der Waals surface area contributed by atoms with Crippen LogP contribution in [0.4, 0.5) is 0 Å². The van der Waals surface area contributed by atoms with Crippen molar-refractivity contribution in [3.63, 3.8) is 0 Å². The molecule has 0 spiro atoms. The summed E-state index contributed by atoms with van der Waals surface area (Å²) in [5, 5.41) is 9.50. The van der Waals surface area contributed by atoms with E-state index in [0.717, 1.165) is 15.6 Å². The van der Waals surface area contributed by atoms with Crippen LogP contribution in [0.1, 0.15) is 16.7 Å². The molecule has 0 heterocycles. The Morgan fingerprint density at radius 3 is 2.42 bits per heavy atom. The van der Waals surface area contributed by atoms with Gasteiger partial charge in [-0.05, 0) is 49.2 Å². The van der Waals surface area contributed by atoms with Crippen LogP contribution in [0.25, 0.3) is 0 Å². The molecule has 0 N–H and O–H groups in total. The van der Waals surface area contributed by atoms with Crippen molar-refractivity contribution in [1.29, 1.82) is 5.26 Å². The molecule has 96 valence electrons. The number of nitrogens with zero attached hydrogens (tertiary/aromatic N) is 1. The molecule has 2 nitrogen and oxygen atoms in total. The maximum absolute atomic E-state index is 9.11. The third-order valence-electron chi connectivity index (χ3n) is 2.72. The molecule has 0 aliphatic rings. The van der Waals surface area contributed by atoms with Gasteiger partial charge in [0.25, 0.3) is 0 Å². The molecule has 2 aromatic carbocycles. The van der Waals surface area contributed by atoms with E-state index in [-0.39, 0.29) is 0 Å². The standard InChI is InChI=1S/C15H11BrClNO/c1-9-6-11(7-10(2)15(9)16)19-14-5-3-4-13(17)12(14)8-18/h3-7H,1-2H3. The van der Waals surface area contributed by atoms with Crippen LogP contribution >= 0.6 is 27.5 Å². The Bertz CT molecular complexity index is 653. The van der Waals surface area contributed by atoms with E-state index in [1.807, 2.05) is 26.0 Å². The fourth-order valence-electron chi connectivity index (χ4n) is 1.79. The van der Waals surface area contributed by atoms with Gasteiger partial charge in [-0.25, -0.2) is 0 Å². The van der Waals surface area contributed by atoms with E-state index in [9.17, 15) is 0 Å². The number of halogens is 2. The maximum atomic E-state index is 9.11. The third kappa shape index (κ3) is 2.91. The Kier molecular flexibility index (Phi) is 4.14. The van der Waals surface area contributed by atoms with Crippen molar-refractivity contribution in [2.24, 2.45) is 0 Å². The lowest BCUT2D eigenvalue weighted by Gasteiger charge is -2.11. The number of hydrogen-bond acceptors (Lipinski definition) is 2. The minimum Gasteiger partial charge on any atom is -0.456 e. The van der Waals surface area contributed by atoms with Gasteiger partial charge < -0.3 is 4.74 Å². The first-order valence-electron chi connectivity index (χ1n) is 5.66. The topological polar surface area (TPSA) is 33.0 Å². The van der Waals surface area contributed by atoms with Gasteiger partial charge in [-0.1, -0.05) is 33.6 Å². The Labute approximate surface area is 125 Å². The van der Waals surface area contributed by atoms with E-state index in [2.05, 4.69) is 22.0 Å². The first kappa shape index (κ1) is 13.9. The van der Waals surface area contributed by atoms with Crippen molar-refractivity contribution >= 4 is 27.5 Å². The van der Waals surface area contributed by atoms with Crippen LogP contribution in [0.3, 0.4) is 0 Å². The number of benzene rings is 2. The molecule has 0 aliphatic heterocycles. The van der Waals surface area contributed by atoms with Crippen LogP contribution in [0.5, 0.6) is 11.5 Å². The Hall–Kier alpha value is -1.50. The SMILES string of the molecule is Cc1cc(Oc2cccc(Cl)c2C#N)cc(C)c1Br. The van der Waals surface area contributed by atoms with Crippen molar-refractivity contribution in [3.8, 4) is 17.6 Å². The summed E-state index contributed by atoms with van der Waals surface area (Å²) in [5.74, 6) is 1.16. The molecule has 0 amide bonds. The van der Waals surface area contributed by atoms with Crippen LogP contribution in [0.2, 0.25) is 5.02 Å². The zero-order valence-corrected chi connectivity index (χ0v) is 12.8. The molecule has 0 bridgehead atoms. The molecule has 0 fully saturated rings. The molecule has 0 atom stereocenters. The van der Waals surface area contributed by atoms with Gasteiger partial charge in [-0.15, -0.1) is 0 Å². The van der Waals surface area contributed by atoms with E-state index in [1.165, 1.54) is 0 Å². The van der Waals surface area contributed by atoms with E-state index >= 15 is 0 Å². The molecule has 19 heavy (non-hydrogen) atoms. The molecular weight excluding hydrogens is 326 g/mol. The fourth-order valence-corrected chi connectivity index (χ4v) is 2.23. The normalized spacial score (nSPS) is 10.1. The van der Waals surface area contributed by atoms with Crippen LogP contribution in [0.15, 0.2) is 34.8 Å². The molecule has 2 rings (SSSR count). The molecule has 2 aromatic rings. The molecule has 0 unspecified atom stereocenters. The van der Waals surface area contributed by atoms with E-state index in [4.69, 9.17) is 21.6 Å². The summed E-state index contributed by atoms with van der Waals surface area (Å²) in [7, 11) is 0. The highest BCUT2D eigenvalue weighted by Crippen LogP contribution is 2.32. The Balaban J connectivity index is 2.43. The van der Waals surface area contributed by atoms with Crippen LogP contribution < -0.4 is 4.74 Å². The lowest BCUT2D eigenvalue weighted by Crippen LogP contribution is -1.91. The van der Waals surface area contributed by atoms with Crippen LogP contribution in [-0.2, 0) is 0 Å². The first-order chi connectivity index (χ1) is 9.02. The molecule has 0 saturated carbocycles. The van der Waals surface area contributed by atoms with Gasteiger partial charge in [0, 0.05) is 4.47 Å². The van der Waals surface area contributed by atoms with Crippen molar-refractivity contribution < 1.29 is 4.74 Å². The maximum Gasteiger partial charge on any atom is 0.146 e. The highest BCUT2D eigenvalue weighted by Gasteiger charge is 2.10. The number of rotatable bonds is 2. The predicted octanol–water partition coefficient (Wildman–Crippen LogP) is 5.38. The lowest BCUT2D eigenvalue weighted by molar-refractivity contribution is 0.480. The number of aryl methyl sites for hydroxylation is 2. The van der Waals surface area contributed by atoms with Gasteiger partial charge >= 0.3 is 0 Å². The second-order valence-corrected chi connectivity index (χ2v) is 5.40. The largest absolute Gasteiger partial charge is 0.456 e. The summed E-state index contributed by atoms with van der Waals surface area (Å²) in [6.45, 7) is 3.99. The van der Waals surface area contributed by atoms with Crippen molar-refractivity contribution in [2.45, 2.75) is 13.8 Å². The monoisotopic (exact) mass is 335 g/mol. The lowest BCUT2D eigenvalue weighted by atomic mass is 10.1. The van der Waals surface area contributed by atoms with Gasteiger partial charge in [0.2, 0.25) is 0 Å². The predicted molar refractivity (Wildman–Crippen MR) is 79.9 cm³/mol. The fraction of sp³-hybridized carbons (Fsp3) is 0.133. The highest BCUT2D eigenvalue weighted by molar-refractivity contribution is 9.10. The average Bonchev–Trinajstić information content (AvgIpc) is 2.36. The quantitative estimate of drug-likeness (QED) is 0.737. The summed E-state index contributed by atoms with van der Waals surface area (Å²) in [5.41, 5.74) is 2.51. The minimum absolute atomic E-state index is 0.349. The second-order valence-electron chi connectivity index (χ2n) is 4.20. The first-order valence-corrected chi connectivity index (χ1v) is 6.83. The van der Waals surface area contributed by atoms with Crippen LogP contribution in [-0.4, -0.2) is 0 Å². The van der Waals surface area contributed by atoms with Gasteiger partial charge in [-0.2, -0.15) is 5.26 Å². The molecular formula is C15H11BrClNO. The Morgan fingerprint density at radius 2 is 1.84 bits per heavy atom. The second kappa shape index (κ2) is 5.64. The van der Waals surface area contributed by atoms with Crippen molar-refractivity contribution in [3.05, 3.63) is 56.5 Å². The van der Waals surface area contributed by atoms with E-state index < -0.39 is 0 Å².